The number of nitrogens with zero attached hydrogens (tertiary/aromatic N) is 1. The van der Waals surface area contributed by atoms with Gasteiger partial charge in [-0.2, -0.15) is 0 Å². The predicted molar refractivity (Wildman–Crippen MR) is 97.2 cm³/mol. The fraction of sp³-hybridized carbons (Fsp3) is 0.350. The van der Waals surface area contributed by atoms with Gasteiger partial charge in [0.15, 0.2) is 17.3 Å². The van der Waals surface area contributed by atoms with E-state index in [0.717, 1.165) is 6.07 Å². The average molecular weight is 379 g/mol. The molecule has 0 heterocycles. The van der Waals surface area contributed by atoms with Crippen molar-refractivity contribution in [2.75, 3.05) is 27.3 Å². The molecule has 27 heavy (non-hydrogen) atoms. The number of carbonyl (C=O) groups excluding carboxylic acids is 1. The van der Waals surface area contributed by atoms with Crippen molar-refractivity contribution in [2.24, 2.45) is 0 Å². The Labute approximate surface area is 157 Å². The topological polar surface area (TPSA) is 59.0 Å². The fourth-order valence-electron chi connectivity index (χ4n) is 2.61. The summed E-state index contributed by atoms with van der Waals surface area (Å²) in [6.45, 7) is 1.90. The lowest BCUT2D eigenvalue weighted by Gasteiger charge is -2.21. The number of halogens is 2. The standard InChI is InChI=1S/C20H23F2NO4/c1-13(24)14-5-7-19(20(8-14)26-3)27-12-17(25)11-23(2)10-15-4-6-16(21)9-18(15)22/h4-9,17,25H,10-12H2,1-3H3. The highest BCUT2D eigenvalue weighted by Gasteiger charge is 2.14. The van der Waals surface area contributed by atoms with Crippen LogP contribution in [-0.2, 0) is 6.54 Å². The van der Waals surface area contributed by atoms with Gasteiger partial charge in [-0.15, -0.1) is 0 Å². The summed E-state index contributed by atoms with van der Waals surface area (Å²) in [4.78, 5) is 13.1. The molecule has 0 aliphatic heterocycles. The molecule has 0 bridgehead atoms. The molecule has 1 unspecified atom stereocenters. The molecule has 0 saturated heterocycles. The number of aliphatic hydroxyl groups is 1. The highest BCUT2D eigenvalue weighted by Crippen LogP contribution is 2.28. The molecule has 0 aliphatic rings. The number of likely N-dealkylation sites (N-methyl/N-ethyl adjacent to an activating group) is 1. The van der Waals surface area contributed by atoms with E-state index < -0.39 is 17.7 Å². The smallest absolute Gasteiger partial charge is 0.161 e. The first-order valence-corrected chi connectivity index (χ1v) is 8.42. The molecule has 0 fully saturated rings. The quantitative estimate of drug-likeness (QED) is 0.679. The van der Waals surface area contributed by atoms with Crippen LogP contribution in [0, 0.1) is 11.6 Å². The Morgan fingerprint density at radius 2 is 1.93 bits per heavy atom. The van der Waals surface area contributed by atoms with Crippen LogP contribution in [0.15, 0.2) is 36.4 Å². The van der Waals surface area contributed by atoms with Crippen molar-refractivity contribution in [2.45, 2.75) is 19.6 Å². The van der Waals surface area contributed by atoms with Crippen LogP contribution in [0.5, 0.6) is 11.5 Å². The first-order valence-electron chi connectivity index (χ1n) is 8.42. The number of rotatable bonds is 9. The lowest BCUT2D eigenvalue weighted by Crippen LogP contribution is -2.33. The van der Waals surface area contributed by atoms with Gasteiger partial charge in [0.05, 0.1) is 7.11 Å². The van der Waals surface area contributed by atoms with Crippen LogP contribution in [0.1, 0.15) is 22.8 Å². The molecular formula is C20H23F2NO4. The monoisotopic (exact) mass is 379 g/mol. The minimum atomic E-state index is -0.837. The Hall–Kier alpha value is -2.51. The molecule has 0 spiro atoms. The van der Waals surface area contributed by atoms with E-state index in [1.165, 1.54) is 26.2 Å². The van der Waals surface area contributed by atoms with Gasteiger partial charge < -0.3 is 14.6 Å². The molecule has 146 valence electrons. The molecular weight excluding hydrogens is 356 g/mol. The largest absolute Gasteiger partial charge is 0.493 e. The van der Waals surface area contributed by atoms with Gasteiger partial charge in [0.25, 0.3) is 0 Å². The molecule has 7 heteroatoms. The predicted octanol–water partition coefficient (Wildman–Crippen LogP) is 3.05. The summed E-state index contributed by atoms with van der Waals surface area (Å²) in [6, 6.07) is 8.22. The Balaban J connectivity index is 1.90. The molecule has 0 amide bonds. The zero-order valence-corrected chi connectivity index (χ0v) is 15.5. The van der Waals surface area contributed by atoms with Gasteiger partial charge in [-0.05, 0) is 38.2 Å². The number of methoxy groups -OCH3 is 1. The molecule has 5 nitrogen and oxygen atoms in total. The second kappa shape index (κ2) is 9.43. The van der Waals surface area contributed by atoms with Gasteiger partial charge in [-0.25, -0.2) is 8.78 Å². The van der Waals surface area contributed by atoms with Gasteiger partial charge in [0.2, 0.25) is 0 Å². The van der Waals surface area contributed by atoms with E-state index in [-0.39, 0.29) is 25.5 Å². The third kappa shape index (κ3) is 6.01. The summed E-state index contributed by atoms with van der Waals surface area (Å²) >= 11 is 0. The average Bonchev–Trinajstić information content (AvgIpc) is 2.62. The number of aliphatic hydroxyl groups excluding tert-OH is 1. The maximum atomic E-state index is 13.7. The molecule has 0 radical (unpaired) electrons. The van der Waals surface area contributed by atoms with E-state index in [1.54, 1.807) is 30.1 Å². The summed E-state index contributed by atoms with van der Waals surface area (Å²) in [7, 11) is 3.18. The summed E-state index contributed by atoms with van der Waals surface area (Å²) in [5.74, 6) is -0.528. The minimum Gasteiger partial charge on any atom is -0.493 e. The van der Waals surface area contributed by atoms with E-state index in [4.69, 9.17) is 9.47 Å². The van der Waals surface area contributed by atoms with Crippen LogP contribution in [0.4, 0.5) is 8.78 Å². The highest BCUT2D eigenvalue weighted by atomic mass is 19.1. The van der Waals surface area contributed by atoms with Gasteiger partial charge >= 0.3 is 0 Å². The van der Waals surface area contributed by atoms with Crippen LogP contribution in [-0.4, -0.2) is 49.2 Å². The van der Waals surface area contributed by atoms with E-state index >= 15 is 0 Å². The molecule has 0 aromatic heterocycles. The second-order valence-corrected chi connectivity index (χ2v) is 6.32. The molecule has 0 saturated carbocycles. The normalized spacial score (nSPS) is 12.1. The van der Waals surface area contributed by atoms with Gasteiger partial charge in [0, 0.05) is 30.3 Å². The Kier molecular flexibility index (Phi) is 7.27. The number of hydrogen-bond donors (Lipinski definition) is 1. The second-order valence-electron chi connectivity index (χ2n) is 6.32. The van der Waals surface area contributed by atoms with E-state index in [2.05, 4.69) is 0 Å². The maximum Gasteiger partial charge on any atom is 0.161 e. The van der Waals surface area contributed by atoms with Crippen LogP contribution in [0.2, 0.25) is 0 Å². The van der Waals surface area contributed by atoms with Crippen molar-refractivity contribution in [3.05, 3.63) is 59.2 Å². The highest BCUT2D eigenvalue weighted by molar-refractivity contribution is 5.94. The summed E-state index contributed by atoms with van der Waals surface area (Å²) in [5.41, 5.74) is 0.842. The van der Waals surface area contributed by atoms with E-state index in [0.29, 0.717) is 22.6 Å². The molecule has 2 rings (SSSR count). The number of hydrogen-bond acceptors (Lipinski definition) is 5. The number of carbonyl (C=O) groups is 1. The molecule has 1 atom stereocenters. The van der Waals surface area contributed by atoms with Crippen molar-refractivity contribution in [1.29, 1.82) is 0 Å². The summed E-state index contributed by atoms with van der Waals surface area (Å²) < 4.78 is 37.4. The lowest BCUT2D eigenvalue weighted by molar-refractivity contribution is 0.0729. The molecule has 2 aromatic carbocycles. The zero-order chi connectivity index (χ0) is 20.0. The lowest BCUT2D eigenvalue weighted by atomic mass is 10.1. The zero-order valence-electron chi connectivity index (χ0n) is 15.5. The number of benzene rings is 2. The minimum absolute atomic E-state index is 0.00792. The molecule has 2 aromatic rings. The number of Topliss-reactive ketones (excluding diaryl/α,β-unsaturated/α-hetero) is 1. The summed E-state index contributed by atoms with van der Waals surface area (Å²) in [5, 5.41) is 10.2. The van der Waals surface area contributed by atoms with Crippen LogP contribution >= 0.6 is 0 Å². The Bertz CT molecular complexity index is 798. The van der Waals surface area contributed by atoms with Crippen molar-refractivity contribution < 1.29 is 28.2 Å². The Morgan fingerprint density at radius 1 is 1.19 bits per heavy atom. The SMILES string of the molecule is COc1cc(C(C)=O)ccc1OCC(O)CN(C)Cc1ccc(F)cc1F. The van der Waals surface area contributed by atoms with Gasteiger partial charge in [-0.1, -0.05) is 6.07 Å². The van der Waals surface area contributed by atoms with E-state index in [1.807, 2.05) is 0 Å². The third-order valence-corrected chi connectivity index (χ3v) is 3.98. The molecule has 0 aliphatic carbocycles. The number of ether oxygens (including phenoxy) is 2. The maximum absolute atomic E-state index is 13.7. The van der Waals surface area contributed by atoms with Crippen LogP contribution < -0.4 is 9.47 Å². The van der Waals surface area contributed by atoms with Crippen molar-refractivity contribution >= 4 is 5.78 Å². The van der Waals surface area contributed by atoms with Crippen LogP contribution in [0.3, 0.4) is 0 Å². The fourth-order valence-corrected chi connectivity index (χ4v) is 2.61. The first-order chi connectivity index (χ1) is 12.8. The Morgan fingerprint density at radius 3 is 2.56 bits per heavy atom. The molecule has 1 N–H and O–H groups in total. The van der Waals surface area contributed by atoms with Crippen molar-refractivity contribution in [3.8, 4) is 11.5 Å². The number of ketones is 1. The van der Waals surface area contributed by atoms with Crippen molar-refractivity contribution in [1.82, 2.24) is 4.90 Å². The van der Waals surface area contributed by atoms with E-state index in [9.17, 15) is 18.7 Å². The van der Waals surface area contributed by atoms with Crippen LogP contribution in [0.25, 0.3) is 0 Å². The van der Waals surface area contributed by atoms with Crippen molar-refractivity contribution in [3.63, 3.8) is 0 Å². The van der Waals surface area contributed by atoms with Gasteiger partial charge in [0.1, 0.15) is 24.3 Å². The van der Waals surface area contributed by atoms with Gasteiger partial charge in [-0.3, -0.25) is 9.69 Å². The summed E-state index contributed by atoms with van der Waals surface area (Å²) in [6.07, 6.45) is -0.837. The third-order valence-electron chi connectivity index (χ3n) is 3.98. The first kappa shape index (κ1) is 20.8.